The molecule has 2 aromatic heterocycles. The molecule has 0 fully saturated rings. The number of hydrogen-bond acceptors (Lipinski definition) is 11. The van der Waals surface area contributed by atoms with Crippen LogP contribution in [0.15, 0.2) is 104 Å². The van der Waals surface area contributed by atoms with E-state index in [-0.39, 0.29) is 38.5 Å². The van der Waals surface area contributed by atoms with Crippen LogP contribution in [0.1, 0.15) is 69.3 Å². The Morgan fingerprint density at radius 3 is 1.80 bits per heavy atom. The summed E-state index contributed by atoms with van der Waals surface area (Å²) in [4.78, 5) is 131. The Morgan fingerprint density at radius 1 is 0.587 bits per heavy atom. The fourth-order valence-corrected chi connectivity index (χ4v) is 8.04. The fraction of sp³-hybridized carbons (Fsp3) is 0.396. The number of imidazole rings is 1. The number of H-pyrrole nitrogens is 2. The molecule has 22 nitrogen and oxygen atoms in total. The van der Waals surface area contributed by atoms with Crippen molar-refractivity contribution in [2.45, 2.75) is 115 Å². The van der Waals surface area contributed by atoms with Gasteiger partial charge in [0, 0.05) is 61.2 Å². The van der Waals surface area contributed by atoms with Crippen LogP contribution in [0.3, 0.4) is 0 Å². The summed E-state index contributed by atoms with van der Waals surface area (Å²) in [7, 11) is 0. The van der Waals surface area contributed by atoms with Crippen LogP contribution in [0, 0.1) is 5.92 Å². The van der Waals surface area contributed by atoms with Gasteiger partial charge in [-0.25, -0.2) is 4.98 Å². The zero-order chi connectivity index (χ0) is 54.4. The molecule has 0 aliphatic rings. The SMILES string of the molecule is CCCNC(=O)[C@H](Cc1ccccc1)NC(=O)[C@H](Cc1cnc[nH]1)NC(=O)CNC(=O)[C@@H](NC(=O)[C@H](C)NC(=O)[C@H](Cc1c[nH]c2ccccc12)NC(=O)[C@H](CCC(N)=O)NC(=O)[C@H](N)Cc1ccccc1)C(C)C. The Morgan fingerprint density at radius 2 is 1.17 bits per heavy atom. The summed E-state index contributed by atoms with van der Waals surface area (Å²) in [5, 5.41) is 22.1. The Balaban J connectivity index is 1.24. The van der Waals surface area contributed by atoms with Crippen molar-refractivity contribution in [3.63, 3.8) is 0 Å². The van der Waals surface area contributed by atoms with Gasteiger partial charge in [-0.15, -0.1) is 0 Å². The molecule has 5 rings (SSSR count). The first-order valence-corrected chi connectivity index (χ1v) is 24.9. The number of carbonyl (C=O) groups excluding carboxylic acids is 9. The highest BCUT2D eigenvalue weighted by Gasteiger charge is 2.33. The predicted molar refractivity (Wildman–Crippen MR) is 279 cm³/mol. The second kappa shape index (κ2) is 28.7. The van der Waals surface area contributed by atoms with Gasteiger partial charge in [-0.2, -0.15) is 0 Å². The van der Waals surface area contributed by atoms with E-state index in [0.717, 1.165) is 22.0 Å². The molecule has 0 aliphatic carbocycles. The molecule has 75 heavy (non-hydrogen) atoms. The van der Waals surface area contributed by atoms with Crippen LogP contribution in [0.5, 0.6) is 0 Å². The molecule has 7 atom stereocenters. The van der Waals surface area contributed by atoms with Gasteiger partial charge in [-0.05, 0) is 54.9 Å². The van der Waals surface area contributed by atoms with Crippen LogP contribution in [0.4, 0.5) is 0 Å². The maximum Gasteiger partial charge on any atom is 0.243 e. The van der Waals surface area contributed by atoms with Gasteiger partial charge in [-0.3, -0.25) is 43.2 Å². The summed E-state index contributed by atoms with van der Waals surface area (Å²) >= 11 is 0. The molecule has 400 valence electrons. The third-order valence-electron chi connectivity index (χ3n) is 12.2. The van der Waals surface area contributed by atoms with Crippen molar-refractivity contribution in [1.82, 2.24) is 57.5 Å². The number of benzene rings is 3. The number of amides is 9. The number of aromatic amines is 2. The quantitative estimate of drug-likeness (QED) is 0.0302. The summed E-state index contributed by atoms with van der Waals surface area (Å²) in [6.07, 6.45) is 5.00. The van der Waals surface area contributed by atoms with Gasteiger partial charge in [0.1, 0.15) is 36.3 Å². The van der Waals surface area contributed by atoms with E-state index in [4.69, 9.17) is 11.5 Å². The molecule has 3 aromatic carbocycles. The molecule has 0 saturated carbocycles. The maximum atomic E-state index is 14.2. The summed E-state index contributed by atoms with van der Waals surface area (Å²) in [6, 6.07) is 17.0. The van der Waals surface area contributed by atoms with Crippen molar-refractivity contribution >= 4 is 64.1 Å². The van der Waals surface area contributed by atoms with E-state index in [2.05, 4.69) is 57.5 Å². The largest absolute Gasteiger partial charge is 0.370 e. The monoisotopic (exact) mass is 1030 g/mol. The van der Waals surface area contributed by atoms with Gasteiger partial charge in [0.15, 0.2) is 0 Å². The molecule has 5 aromatic rings. The molecule has 22 heteroatoms. The zero-order valence-corrected chi connectivity index (χ0v) is 42.6. The third kappa shape index (κ3) is 18.2. The first kappa shape index (κ1) is 57.5. The lowest BCUT2D eigenvalue weighted by atomic mass is 10.0. The van der Waals surface area contributed by atoms with Crippen LogP contribution in [0.25, 0.3) is 10.9 Å². The average molecular weight is 1030 g/mol. The number of primary amides is 1. The van der Waals surface area contributed by atoms with Gasteiger partial charge >= 0.3 is 0 Å². The number of nitrogens with one attached hydrogen (secondary N) is 10. The van der Waals surface area contributed by atoms with Crippen LogP contribution in [0.2, 0.25) is 0 Å². The molecule has 9 amide bonds. The molecule has 0 radical (unpaired) electrons. The number of nitrogens with two attached hydrogens (primary N) is 2. The van der Waals surface area contributed by atoms with E-state index in [1.165, 1.54) is 19.4 Å². The smallest absolute Gasteiger partial charge is 0.243 e. The van der Waals surface area contributed by atoms with Crippen molar-refractivity contribution in [1.29, 1.82) is 0 Å². The van der Waals surface area contributed by atoms with E-state index in [0.29, 0.717) is 24.2 Å². The molecule has 0 spiro atoms. The van der Waals surface area contributed by atoms with Crippen molar-refractivity contribution in [3.05, 3.63) is 126 Å². The average Bonchev–Trinajstić information content (AvgIpc) is 4.07. The van der Waals surface area contributed by atoms with Gasteiger partial charge in [0.2, 0.25) is 53.2 Å². The molecule has 0 saturated heterocycles. The fourth-order valence-electron chi connectivity index (χ4n) is 8.04. The molecule has 0 bridgehead atoms. The lowest BCUT2D eigenvalue weighted by molar-refractivity contribution is -0.135. The van der Waals surface area contributed by atoms with Gasteiger partial charge < -0.3 is 64.0 Å². The normalized spacial score (nSPS) is 13.9. The molecular weight excluding hydrogens is 963 g/mol. The minimum Gasteiger partial charge on any atom is -0.370 e. The van der Waals surface area contributed by atoms with E-state index >= 15 is 0 Å². The maximum absolute atomic E-state index is 14.2. The first-order valence-electron chi connectivity index (χ1n) is 24.9. The van der Waals surface area contributed by atoms with E-state index in [1.807, 2.05) is 61.5 Å². The van der Waals surface area contributed by atoms with Crippen LogP contribution in [-0.2, 0) is 68.8 Å². The van der Waals surface area contributed by atoms with Crippen LogP contribution >= 0.6 is 0 Å². The first-order chi connectivity index (χ1) is 35.9. The number of aromatic nitrogens is 3. The summed E-state index contributed by atoms with van der Waals surface area (Å²) in [5.74, 6) is -6.85. The highest BCUT2D eigenvalue weighted by Crippen LogP contribution is 2.20. The van der Waals surface area contributed by atoms with E-state index in [9.17, 15) is 43.2 Å². The standard InChI is InChI=1S/C53H69N13O9/c1-5-22-57-49(71)41(24-34-16-10-7-11-17-34)64-52(74)43(26-36-28-56-30-60-36)62-45(68)29-59-53(75)46(31(2)3)66-47(69)32(4)61-51(73)42(25-35-27-58-39-19-13-12-18-37(35)39)65-50(72)40(20-21-44(55)67)63-48(70)38(54)23-33-14-8-6-9-15-33/h6-19,27-28,30-32,38,40-43,46,58H,5,20-26,29,54H2,1-4H3,(H2,55,67)(H,56,60)(H,57,71)(H,59,75)(H,61,73)(H,62,68)(H,63,70)(H,64,74)(H,65,72)(H,66,69)/t32-,38+,40-,41-,42-,43-,46-/m0/s1. The lowest BCUT2D eigenvalue weighted by Gasteiger charge is -2.26. The number of para-hydroxylation sites is 1. The zero-order valence-electron chi connectivity index (χ0n) is 42.6. The van der Waals surface area contributed by atoms with Crippen LogP contribution < -0.4 is 54.0 Å². The Bertz CT molecular complexity index is 2720. The summed E-state index contributed by atoms with van der Waals surface area (Å²) in [5.41, 5.74) is 15.1. The topological polar surface area (TPSA) is 346 Å². The van der Waals surface area contributed by atoms with Gasteiger partial charge in [0.05, 0.1) is 18.9 Å². The number of hydrogen-bond donors (Lipinski definition) is 12. The van der Waals surface area contributed by atoms with Crippen molar-refractivity contribution < 1.29 is 43.2 Å². The molecule has 14 N–H and O–H groups in total. The van der Waals surface area contributed by atoms with E-state index < -0.39 is 108 Å². The number of nitrogens with zero attached hydrogens (tertiary/aromatic N) is 1. The van der Waals surface area contributed by atoms with Crippen LogP contribution in [-0.4, -0.2) is 123 Å². The predicted octanol–water partition coefficient (Wildman–Crippen LogP) is -0.0185. The highest BCUT2D eigenvalue weighted by molar-refractivity contribution is 5.98. The lowest BCUT2D eigenvalue weighted by Crippen LogP contribution is -2.59. The second-order valence-corrected chi connectivity index (χ2v) is 18.6. The van der Waals surface area contributed by atoms with E-state index in [1.54, 1.807) is 50.4 Å². The highest BCUT2D eigenvalue weighted by atomic mass is 16.2. The number of rotatable bonds is 29. The van der Waals surface area contributed by atoms with Crippen molar-refractivity contribution in [2.24, 2.45) is 17.4 Å². The van der Waals surface area contributed by atoms with Gasteiger partial charge in [0.25, 0.3) is 0 Å². The molecular formula is C53H69N13O9. The second-order valence-electron chi connectivity index (χ2n) is 18.6. The minimum atomic E-state index is -1.34. The third-order valence-corrected chi connectivity index (χ3v) is 12.2. The van der Waals surface area contributed by atoms with Crippen molar-refractivity contribution in [3.8, 4) is 0 Å². The number of carbonyl (C=O) groups is 9. The number of fused-ring (bicyclic) bond motifs is 1. The molecule has 0 unspecified atom stereocenters. The van der Waals surface area contributed by atoms with Gasteiger partial charge in [-0.1, -0.05) is 99.6 Å². The molecule has 0 aliphatic heterocycles. The minimum absolute atomic E-state index is 0.0307. The summed E-state index contributed by atoms with van der Waals surface area (Å²) in [6.45, 7) is 6.40. The Labute approximate surface area is 434 Å². The Hall–Kier alpha value is -8.40. The Kier molecular flexibility index (Phi) is 22.0. The summed E-state index contributed by atoms with van der Waals surface area (Å²) < 4.78 is 0. The van der Waals surface area contributed by atoms with Crippen molar-refractivity contribution in [2.75, 3.05) is 13.1 Å². The molecule has 2 heterocycles.